The highest BCUT2D eigenvalue weighted by atomic mass is 16.2. The van der Waals surface area contributed by atoms with Crippen LogP contribution in [-0.4, -0.2) is 34.4 Å². The fourth-order valence-corrected chi connectivity index (χ4v) is 3.05. The van der Waals surface area contributed by atoms with Crippen LogP contribution in [0.5, 0.6) is 0 Å². The number of carbonyl (C=O) groups is 2. The van der Waals surface area contributed by atoms with Crippen LogP contribution in [0.2, 0.25) is 0 Å². The van der Waals surface area contributed by atoms with Gasteiger partial charge in [-0.05, 0) is 38.1 Å². The molecule has 2 N–H and O–H groups in total. The molecule has 0 bridgehead atoms. The van der Waals surface area contributed by atoms with E-state index in [1.807, 2.05) is 83.1 Å². The van der Waals surface area contributed by atoms with Crippen LogP contribution in [0.3, 0.4) is 0 Å². The molecule has 0 unspecified atom stereocenters. The molecule has 0 saturated heterocycles. The molecule has 0 spiro atoms. The Bertz CT molecular complexity index is 1140. The van der Waals surface area contributed by atoms with Crippen LogP contribution >= 0.6 is 0 Å². The second kappa shape index (κ2) is 15.0. The van der Waals surface area contributed by atoms with Gasteiger partial charge in [-0.15, -0.1) is 0 Å². The average Bonchev–Trinajstić information content (AvgIpc) is 3.27. The number of hydrogen-bond acceptors (Lipinski definition) is 4. The number of rotatable bonds is 6. The maximum absolute atomic E-state index is 12.5. The summed E-state index contributed by atoms with van der Waals surface area (Å²) in [6.07, 6.45) is 1.74. The zero-order valence-electron chi connectivity index (χ0n) is 22.0. The summed E-state index contributed by atoms with van der Waals surface area (Å²) in [6.45, 7) is 11.6. The topological polar surface area (TPSA) is 88.4 Å². The van der Waals surface area contributed by atoms with E-state index in [-0.39, 0.29) is 11.8 Å². The van der Waals surface area contributed by atoms with Crippen LogP contribution < -0.4 is 10.6 Å². The normalized spacial score (nSPS) is 10.9. The van der Waals surface area contributed by atoms with Gasteiger partial charge in [-0.1, -0.05) is 64.1 Å². The first-order valence-electron chi connectivity index (χ1n) is 11.8. The highest BCUT2D eigenvalue weighted by Gasteiger charge is 2.13. The van der Waals surface area contributed by atoms with E-state index < -0.39 is 0 Å². The van der Waals surface area contributed by atoms with Gasteiger partial charge in [0.1, 0.15) is 5.82 Å². The molecular formula is C28H37N5O2. The molecule has 0 atom stereocenters. The van der Waals surface area contributed by atoms with Crippen molar-refractivity contribution in [1.82, 2.24) is 9.78 Å². The number of amides is 2. The van der Waals surface area contributed by atoms with Crippen molar-refractivity contribution in [2.24, 2.45) is 12.0 Å². The lowest BCUT2D eigenvalue weighted by molar-refractivity contribution is -0.112. The minimum Gasteiger partial charge on any atom is -0.322 e. The zero-order chi connectivity index (χ0) is 26.4. The lowest BCUT2D eigenvalue weighted by Gasteiger charge is -2.08. The van der Waals surface area contributed by atoms with Gasteiger partial charge in [-0.3, -0.25) is 19.3 Å². The Morgan fingerprint density at radius 3 is 2.09 bits per heavy atom. The summed E-state index contributed by atoms with van der Waals surface area (Å²) in [5.41, 5.74) is 4.04. The molecule has 2 amide bonds. The molecule has 0 fully saturated rings. The Labute approximate surface area is 209 Å². The van der Waals surface area contributed by atoms with Crippen molar-refractivity contribution in [3.05, 3.63) is 77.9 Å². The molecule has 7 heteroatoms. The number of nitrogens with one attached hydrogen (secondary N) is 2. The number of hydrogen-bond donors (Lipinski definition) is 2. The Hall–Kier alpha value is -4.00. The molecule has 3 rings (SSSR count). The molecule has 1 heterocycles. The summed E-state index contributed by atoms with van der Waals surface area (Å²) < 4.78 is 1.62. The van der Waals surface area contributed by atoms with Crippen molar-refractivity contribution in [3.8, 4) is 11.3 Å². The van der Waals surface area contributed by atoms with Crippen LogP contribution in [0.4, 0.5) is 11.5 Å². The SMILES string of the molecule is C/C=C(/C(=O)Nc1ccc(-c2cc(NC(=O)c3ccccc3)n(C)n2)cc1)C(C)=NC.CC.CC. The molecule has 2 aromatic carbocycles. The smallest absolute Gasteiger partial charge is 0.257 e. The van der Waals surface area contributed by atoms with E-state index in [2.05, 4.69) is 20.7 Å². The minimum atomic E-state index is -0.206. The zero-order valence-corrected chi connectivity index (χ0v) is 22.0. The van der Waals surface area contributed by atoms with Gasteiger partial charge < -0.3 is 10.6 Å². The summed E-state index contributed by atoms with van der Waals surface area (Å²) in [7, 11) is 3.43. The average molecular weight is 476 g/mol. The lowest BCUT2D eigenvalue weighted by Crippen LogP contribution is -2.18. The first kappa shape index (κ1) is 29.0. The maximum atomic E-state index is 12.5. The van der Waals surface area contributed by atoms with Crippen molar-refractivity contribution >= 4 is 29.0 Å². The van der Waals surface area contributed by atoms with E-state index in [4.69, 9.17) is 0 Å². The van der Waals surface area contributed by atoms with Crippen LogP contribution in [0.15, 0.2) is 77.3 Å². The summed E-state index contributed by atoms with van der Waals surface area (Å²) in [5.74, 6) is 0.189. The van der Waals surface area contributed by atoms with E-state index in [0.717, 1.165) is 5.56 Å². The molecule has 0 aliphatic heterocycles. The van der Waals surface area contributed by atoms with Gasteiger partial charge in [0, 0.05) is 42.7 Å². The Morgan fingerprint density at radius 2 is 1.54 bits per heavy atom. The van der Waals surface area contributed by atoms with Crippen molar-refractivity contribution in [1.29, 1.82) is 0 Å². The summed E-state index contributed by atoms with van der Waals surface area (Å²) >= 11 is 0. The van der Waals surface area contributed by atoms with Crippen LogP contribution in [0, 0.1) is 0 Å². The fourth-order valence-electron chi connectivity index (χ4n) is 3.05. The van der Waals surface area contributed by atoms with Crippen LogP contribution in [-0.2, 0) is 11.8 Å². The number of carbonyl (C=O) groups excluding carboxylic acids is 2. The van der Waals surface area contributed by atoms with Gasteiger partial charge in [-0.25, -0.2) is 0 Å². The predicted octanol–water partition coefficient (Wildman–Crippen LogP) is 6.37. The number of aryl methyl sites for hydroxylation is 1. The van der Waals surface area contributed by atoms with Crippen molar-refractivity contribution in [2.45, 2.75) is 41.5 Å². The monoisotopic (exact) mass is 475 g/mol. The molecule has 0 radical (unpaired) electrons. The van der Waals surface area contributed by atoms with Gasteiger partial charge in [0.05, 0.1) is 11.3 Å². The van der Waals surface area contributed by atoms with Crippen LogP contribution in [0.25, 0.3) is 11.3 Å². The third-order valence-corrected chi connectivity index (χ3v) is 4.85. The maximum Gasteiger partial charge on any atom is 0.257 e. The number of allylic oxidation sites excluding steroid dienone is 1. The molecule has 186 valence electrons. The number of nitrogens with zero attached hydrogens (tertiary/aromatic N) is 3. The van der Waals surface area contributed by atoms with Gasteiger partial charge in [-0.2, -0.15) is 5.10 Å². The molecule has 0 saturated carbocycles. The van der Waals surface area contributed by atoms with E-state index in [9.17, 15) is 9.59 Å². The second-order valence-corrected chi connectivity index (χ2v) is 6.90. The Morgan fingerprint density at radius 1 is 0.943 bits per heavy atom. The first-order valence-corrected chi connectivity index (χ1v) is 11.8. The third kappa shape index (κ3) is 8.07. The van der Waals surface area contributed by atoms with Crippen molar-refractivity contribution in [2.75, 3.05) is 17.7 Å². The molecule has 1 aromatic heterocycles. The summed E-state index contributed by atoms with van der Waals surface area (Å²) in [4.78, 5) is 28.9. The number of aromatic nitrogens is 2. The summed E-state index contributed by atoms with van der Waals surface area (Å²) in [6, 6.07) is 18.2. The van der Waals surface area contributed by atoms with Gasteiger partial charge in [0.25, 0.3) is 11.8 Å². The number of aliphatic imine (C=N–C) groups is 1. The largest absolute Gasteiger partial charge is 0.322 e. The standard InChI is InChI=1S/C24H25N5O2.2C2H6/c1-5-20(16(2)25-3)24(31)26-19-13-11-17(12-14-19)21-15-22(29(4)28-21)27-23(30)18-9-7-6-8-10-18;2*1-2/h5-15H,1-4H3,(H,26,31)(H,27,30);2*1-2H3/b20-5+,25-16?;;. The highest BCUT2D eigenvalue weighted by Crippen LogP contribution is 2.23. The quantitative estimate of drug-likeness (QED) is 0.321. The molecule has 0 aliphatic carbocycles. The molecule has 3 aromatic rings. The number of anilines is 2. The Balaban J connectivity index is 0.00000145. The first-order chi connectivity index (χ1) is 16.9. The lowest BCUT2D eigenvalue weighted by atomic mass is 10.1. The third-order valence-electron chi connectivity index (χ3n) is 4.85. The van der Waals surface area contributed by atoms with E-state index >= 15 is 0 Å². The van der Waals surface area contributed by atoms with E-state index in [1.54, 1.807) is 43.9 Å². The van der Waals surface area contributed by atoms with E-state index in [1.165, 1.54) is 0 Å². The molecule has 35 heavy (non-hydrogen) atoms. The van der Waals surface area contributed by atoms with Gasteiger partial charge in [0.2, 0.25) is 0 Å². The van der Waals surface area contributed by atoms with Crippen LogP contribution in [0.1, 0.15) is 51.9 Å². The fraction of sp³-hybridized carbons (Fsp3) is 0.286. The van der Waals surface area contributed by atoms with Crippen molar-refractivity contribution < 1.29 is 9.59 Å². The second-order valence-electron chi connectivity index (χ2n) is 6.90. The van der Waals surface area contributed by atoms with Gasteiger partial charge in [0.15, 0.2) is 0 Å². The predicted molar refractivity (Wildman–Crippen MR) is 147 cm³/mol. The summed E-state index contributed by atoms with van der Waals surface area (Å²) in [5, 5.41) is 10.2. The molecular weight excluding hydrogens is 438 g/mol. The molecule has 0 aliphatic rings. The number of benzene rings is 2. The van der Waals surface area contributed by atoms with E-state index in [0.29, 0.717) is 34.0 Å². The molecule has 7 nitrogen and oxygen atoms in total. The minimum absolute atomic E-state index is 0.195. The Kier molecular flexibility index (Phi) is 12.4. The highest BCUT2D eigenvalue weighted by molar-refractivity contribution is 6.24. The van der Waals surface area contributed by atoms with Crippen molar-refractivity contribution in [3.63, 3.8) is 0 Å². The van der Waals surface area contributed by atoms with Gasteiger partial charge >= 0.3 is 0 Å².